The van der Waals surface area contributed by atoms with E-state index in [4.69, 9.17) is 23.5 Å². The highest BCUT2D eigenvalue weighted by Crippen LogP contribution is 2.34. The van der Waals surface area contributed by atoms with Crippen molar-refractivity contribution in [2.75, 3.05) is 59.3 Å². The first kappa shape index (κ1) is 51.7. The van der Waals surface area contributed by atoms with Gasteiger partial charge in [-0.1, -0.05) is 62.3 Å². The van der Waals surface area contributed by atoms with Gasteiger partial charge in [-0.05, 0) is 59.0 Å². The van der Waals surface area contributed by atoms with Gasteiger partial charge in [-0.25, -0.2) is 4.98 Å². The number of β-amino-alcohol motifs (C(OH)–C–C–N with tert-alkyl or cyclic N) is 1. The molecule has 0 bridgehead atoms. The lowest BCUT2D eigenvalue weighted by Crippen LogP contribution is -2.57. The quantitative estimate of drug-likeness (QED) is 0.0645. The van der Waals surface area contributed by atoms with E-state index in [0.29, 0.717) is 62.0 Å². The lowest BCUT2D eigenvalue weighted by Gasteiger charge is -2.35. The zero-order valence-corrected chi connectivity index (χ0v) is 41.8. The lowest BCUT2D eigenvalue weighted by atomic mass is 9.85. The number of thiazole rings is 1. The summed E-state index contributed by atoms with van der Waals surface area (Å²) in [6.45, 7) is 10.5. The van der Waals surface area contributed by atoms with Crippen LogP contribution in [0.25, 0.3) is 44.1 Å². The third kappa shape index (κ3) is 13.4. The molecule has 5 heterocycles. The number of benzene rings is 3. The van der Waals surface area contributed by atoms with Gasteiger partial charge < -0.3 is 49.0 Å². The molecule has 3 aromatic heterocycles. The normalized spacial score (nSPS) is 16.8. The molecule has 0 radical (unpaired) electrons. The predicted octanol–water partition coefficient (Wildman–Crippen LogP) is 5.12. The van der Waals surface area contributed by atoms with Crippen LogP contribution in [0.15, 0.2) is 76.8 Å². The highest BCUT2D eigenvalue weighted by atomic mass is 32.1. The van der Waals surface area contributed by atoms with Crippen LogP contribution in [0.2, 0.25) is 0 Å². The molecule has 0 unspecified atom stereocenters. The first-order valence-electron chi connectivity index (χ1n) is 24.3. The summed E-state index contributed by atoms with van der Waals surface area (Å²) >= 11 is 1.57. The molecule has 2 aliphatic rings. The first-order chi connectivity index (χ1) is 34.8. The Hall–Kier alpha value is -6.65. The number of aliphatic hydroxyl groups is 1. The molecule has 20 nitrogen and oxygen atoms in total. The second-order valence-electron chi connectivity index (χ2n) is 19.0. The number of aromatic amines is 1. The molecule has 3 aromatic carbocycles. The molecule has 0 saturated carbocycles. The summed E-state index contributed by atoms with van der Waals surface area (Å²) in [5, 5.41) is 35.6. The van der Waals surface area contributed by atoms with Crippen LogP contribution in [0.5, 0.6) is 5.75 Å². The highest BCUT2D eigenvalue weighted by molar-refractivity contribution is 7.13. The number of aromatic nitrogens is 6. The van der Waals surface area contributed by atoms with E-state index >= 15 is 0 Å². The van der Waals surface area contributed by atoms with Crippen molar-refractivity contribution in [3.63, 3.8) is 0 Å². The lowest BCUT2D eigenvalue weighted by molar-refractivity contribution is -0.144. The Bertz CT molecular complexity index is 2750. The maximum absolute atomic E-state index is 14.0. The Balaban J connectivity index is 0.669. The fraction of sp³-hybridized carbons (Fsp3) is 0.471. The zero-order valence-electron chi connectivity index (χ0n) is 41.0. The maximum Gasteiger partial charge on any atom is 0.246 e. The third-order valence-corrected chi connectivity index (χ3v) is 13.6. The third-order valence-electron chi connectivity index (χ3n) is 12.7. The van der Waals surface area contributed by atoms with Crippen molar-refractivity contribution in [1.82, 2.24) is 51.2 Å². The molecule has 4 amide bonds. The predicted molar refractivity (Wildman–Crippen MR) is 266 cm³/mol. The minimum Gasteiger partial charge on any atom is -0.490 e. The van der Waals surface area contributed by atoms with Crippen molar-refractivity contribution in [2.24, 2.45) is 5.41 Å². The number of aryl methyl sites for hydroxylation is 1. The fourth-order valence-corrected chi connectivity index (χ4v) is 9.55. The minimum atomic E-state index is -0.940. The number of hydrogen-bond acceptors (Lipinski definition) is 16. The molecule has 2 fully saturated rings. The average molecular weight is 1010 g/mol. The van der Waals surface area contributed by atoms with E-state index < -0.39 is 29.5 Å². The van der Waals surface area contributed by atoms with Crippen LogP contribution in [0.3, 0.4) is 0 Å². The van der Waals surface area contributed by atoms with E-state index in [1.807, 2.05) is 105 Å². The molecular formula is C51H62N10O10S. The second kappa shape index (κ2) is 24.2. The van der Waals surface area contributed by atoms with Crippen LogP contribution in [0.4, 0.5) is 0 Å². The van der Waals surface area contributed by atoms with Crippen molar-refractivity contribution < 1.29 is 47.8 Å². The number of aliphatic hydroxyl groups excluding tert-OH is 1. The SMILES string of the molecule is Cc1ncsc1-c1ccc(CNC(=O)[C@@H]2C[C@@H](O)CN2C(=O)[C@@H](NC(=O)CCOCCOCCOCCC(=O)N2CCC(Oc3cccc(-c4onc5ccc(-c6nn[nH]n6)cc45)c3)CC2)C(C)(C)C)cc1. The number of H-pyrrole nitrogens is 1. The molecule has 8 rings (SSSR count). The second-order valence-corrected chi connectivity index (χ2v) is 19.8. The fourth-order valence-electron chi connectivity index (χ4n) is 8.74. The Morgan fingerprint density at radius 2 is 1.62 bits per heavy atom. The number of tetrazole rings is 1. The van der Waals surface area contributed by atoms with Gasteiger partial charge in [0.1, 0.15) is 29.5 Å². The molecule has 382 valence electrons. The summed E-state index contributed by atoms with van der Waals surface area (Å²) in [6.07, 6.45) is 0.868. The maximum atomic E-state index is 14.0. The Morgan fingerprint density at radius 3 is 2.32 bits per heavy atom. The van der Waals surface area contributed by atoms with Crippen molar-refractivity contribution in [3.8, 4) is 38.9 Å². The highest BCUT2D eigenvalue weighted by Gasteiger charge is 2.44. The largest absolute Gasteiger partial charge is 0.490 e. The summed E-state index contributed by atoms with van der Waals surface area (Å²) in [4.78, 5) is 62.0. The number of carbonyl (C=O) groups is 4. The van der Waals surface area contributed by atoms with Gasteiger partial charge in [-0.15, -0.1) is 21.5 Å². The van der Waals surface area contributed by atoms with E-state index in [2.05, 4.69) is 41.4 Å². The molecule has 4 N–H and O–H groups in total. The number of piperidine rings is 1. The van der Waals surface area contributed by atoms with Crippen LogP contribution in [-0.4, -0.2) is 153 Å². The number of nitrogens with zero attached hydrogens (tertiary/aromatic N) is 7. The van der Waals surface area contributed by atoms with E-state index in [-0.39, 0.29) is 82.6 Å². The topological polar surface area (TPSA) is 249 Å². The van der Waals surface area contributed by atoms with Crippen LogP contribution in [0, 0.1) is 12.3 Å². The summed E-state index contributed by atoms with van der Waals surface area (Å²) in [7, 11) is 0. The molecule has 0 aliphatic carbocycles. The molecule has 72 heavy (non-hydrogen) atoms. The monoisotopic (exact) mass is 1010 g/mol. The van der Waals surface area contributed by atoms with E-state index in [1.165, 1.54) is 4.90 Å². The summed E-state index contributed by atoms with van der Waals surface area (Å²) in [5.41, 5.74) is 6.35. The summed E-state index contributed by atoms with van der Waals surface area (Å²) in [6, 6.07) is 19.4. The number of carbonyl (C=O) groups excluding carboxylic acids is 4. The molecule has 2 saturated heterocycles. The van der Waals surface area contributed by atoms with E-state index in [9.17, 15) is 24.3 Å². The number of hydrogen-bond donors (Lipinski definition) is 4. The molecule has 6 aromatic rings. The van der Waals surface area contributed by atoms with E-state index in [1.54, 1.807) is 11.3 Å². The molecular weight excluding hydrogens is 945 g/mol. The number of fused-ring (bicyclic) bond motifs is 1. The van der Waals surface area contributed by atoms with Crippen LogP contribution < -0.4 is 15.4 Å². The van der Waals surface area contributed by atoms with Crippen molar-refractivity contribution in [3.05, 3.63) is 83.5 Å². The van der Waals surface area contributed by atoms with Gasteiger partial charge in [0.05, 0.1) is 73.6 Å². The Kier molecular flexibility index (Phi) is 17.4. The van der Waals surface area contributed by atoms with Gasteiger partial charge in [-0.2, -0.15) is 5.21 Å². The van der Waals surface area contributed by atoms with Gasteiger partial charge in [0.2, 0.25) is 29.5 Å². The van der Waals surface area contributed by atoms with Gasteiger partial charge in [0.15, 0.2) is 5.76 Å². The minimum absolute atomic E-state index is 0.0121. The van der Waals surface area contributed by atoms with Crippen molar-refractivity contribution in [2.45, 2.75) is 90.6 Å². The van der Waals surface area contributed by atoms with Gasteiger partial charge in [0.25, 0.3) is 0 Å². The number of rotatable bonds is 22. The smallest absolute Gasteiger partial charge is 0.246 e. The zero-order chi connectivity index (χ0) is 50.6. The average Bonchev–Trinajstić information content (AvgIpc) is 4.22. The molecule has 2 aliphatic heterocycles. The van der Waals surface area contributed by atoms with E-state index in [0.717, 1.165) is 38.2 Å². The molecule has 3 atom stereocenters. The van der Waals surface area contributed by atoms with Crippen molar-refractivity contribution in [1.29, 1.82) is 0 Å². The van der Waals surface area contributed by atoms with Crippen molar-refractivity contribution >= 4 is 45.9 Å². The van der Waals surface area contributed by atoms with Crippen LogP contribution >= 0.6 is 11.3 Å². The number of nitrogens with one attached hydrogen (secondary N) is 3. The van der Waals surface area contributed by atoms with Gasteiger partial charge >= 0.3 is 0 Å². The standard InChI is InChI=1S/C51H62N10O10S/c1-32-46(72-31-53-32)34-10-8-33(9-11-34)29-52-49(65)42-28-37(62)30-61(42)50(66)47(51(2,3)4)54-43(63)16-20-67-22-24-69-25-23-68-21-17-44(64)60-18-14-38(15-19-60)70-39-7-5-6-35(26-39)45-40-27-36(48-55-58-59-56-48)12-13-41(40)57-71-45/h5-13,26-27,31,37-38,42,47,62H,14-25,28-30H2,1-4H3,(H,52,65)(H,54,63)(H,55,56,58,59)/t37-,42+,47-/m1/s1. The molecule has 21 heteroatoms. The summed E-state index contributed by atoms with van der Waals surface area (Å²) in [5.74, 6) is 0.652. The number of ether oxygens (including phenoxy) is 4. The van der Waals surface area contributed by atoms with Crippen LogP contribution in [0.1, 0.15) is 64.1 Å². The number of amides is 4. The van der Waals surface area contributed by atoms with Gasteiger partial charge in [-0.3, -0.25) is 19.2 Å². The Labute approximate surface area is 421 Å². The Morgan fingerprint density at radius 1 is 0.903 bits per heavy atom. The number of likely N-dealkylation sites (tertiary alicyclic amines) is 2. The van der Waals surface area contributed by atoms with Crippen LogP contribution in [-0.2, 0) is 39.9 Å². The first-order valence-corrected chi connectivity index (χ1v) is 25.1. The summed E-state index contributed by atoms with van der Waals surface area (Å²) < 4.78 is 29.0. The van der Waals surface area contributed by atoms with Gasteiger partial charge in [0, 0.05) is 63.0 Å². The molecule has 0 spiro atoms.